The fourth-order valence-corrected chi connectivity index (χ4v) is 3.86. The number of rotatable bonds is 5. The lowest BCUT2D eigenvalue weighted by atomic mass is 9.96. The van der Waals surface area contributed by atoms with Crippen LogP contribution in [0.4, 0.5) is 5.69 Å². The Labute approximate surface area is 175 Å². The molecule has 1 aromatic heterocycles. The maximum Gasteiger partial charge on any atom is 0.255 e. The smallest absolute Gasteiger partial charge is 0.255 e. The van der Waals surface area contributed by atoms with Gasteiger partial charge in [0.1, 0.15) is 5.75 Å². The zero-order valence-electron chi connectivity index (χ0n) is 16.9. The third-order valence-corrected chi connectivity index (χ3v) is 5.51. The maximum atomic E-state index is 13.0. The number of carbonyl (C=O) groups excluding carboxylic acids is 2. The molecule has 0 unspecified atom stereocenters. The molecule has 6 heteroatoms. The summed E-state index contributed by atoms with van der Waals surface area (Å²) in [6.07, 6.45) is 5.01. The standard InChI is InChI=1S/C24H25N3O3/c1-30-20-10-8-17(9-11-20)21-6-2-3-7-22(21)26-23(28)19-5-4-14-27(16-19)24(29)18-12-13-25-15-18/h2-3,6-13,15,19,25H,4-5,14,16H2,1H3,(H,26,28)/t19-/m0/s1. The highest BCUT2D eigenvalue weighted by Crippen LogP contribution is 2.30. The molecule has 0 bridgehead atoms. The van der Waals surface area contributed by atoms with E-state index in [-0.39, 0.29) is 17.7 Å². The molecule has 0 aliphatic carbocycles. The Kier molecular flexibility index (Phi) is 5.84. The van der Waals surface area contributed by atoms with Crippen molar-refractivity contribution < 1.29 is 14.3 Å². The number of nitrogens with zero attached hydrogens (tertiary/aromatic N) is 1. The van der Waals surface area contributed by atoms with Gasteiger partial charge in [-0.1, -0.05) is 30.3 Å². The number of anilines is 1. The molecule has 6 nitrogen and oxygen atoms in total. The Morgan fingerprint density at radius 3 is 2.63 bits per heavy atom. The lowest BCUT2D eigenvalue weighted by Gasteiger charge is -2.32. The van der Waals surface area contributed by atoms with Gasteiger partial charge >= 0.3 is 0 Å². The summed E-state index contributed by atoms with van der Waals surface area (Å²) in [6.45, 7) is 1.11. The summed E-state index contributed by atoms with van der Waals surface area (Å²) in [5, 5.41) is 3.09. The molecule has 1 saturated heterocycles. The molecular formula is C24H25N3O3. The SMILES string of the molecule is COc1ccc(-c2ccccc2NC(=O)[C@H]2CCCN(C(=O)c3cc[nH]c3)C2)cc1. The third kappa shape index (κ3) is 4.22. The van der Waals surface area contributed by atoms with Crippen molar-refractivity contribution in [2.24, 2.45) is 5.92 Å². The van der Waals surface area contributed by atoms with Gasteiger partial charge in [-0.05, 0) is 42.7 Å². The molecule has 1 atom stereocenters. The second-order valence-electron chi connectivity index (χ2n) is 7.45. The van der Waals surface area contributed by atoms with Gasteiger partial charge < -0.3 is 19.9 Å². The van der Waals surface area contributed by atoms with Crippen LogP contribution in [-0.4, -0.2) is 41.9 Å². The number of piperidine rings is 1. The van der Waals surface area contributed by atoms with E-state index < -0.39 is 0 Å². The van der Waals surface area contributed by atoms with Gasteiger partial charge in [0.05, 0.1) is 18.6 Å². The first-order valence-corrected chi connectivity index (χ1v) is 10.1. The van der Waals surface area contributed by atoms with Gasteiger partial charge in [-0.2, -0.15) is 0 Å². The normalized spacial score (nSPS) is 16.2. The molecule has 0 spiro atoms. The molecule has 3 aromatic rings. The topological polar surface area (TPSA) is 74.4 Å². The van der Waals surface area contributed by atoms with E-state index in [1.807, 2.05) is 48.5 Å². The number of methoxy groups -OCH3 is 1. The average molecular weight is 403 g/mol. The first kappa shape index (κ1) is 19.8. The Hall–Kier alpha value is -3.54. The summed E-state index contributed by atoms with van der Waals surface area (Å²) in [7, 11) is 1.64. The summed E-state index contributed by atoms with van der Waals surface area (Å²) in [6, 6.07) is 17.3. The lowest BCUT2D eigenvalue weighted by molar-refractivity contribution is -0.121. The zero-order valence-corrected chi connectivity index (χ0v) is 16.9. The second kappa shape index (κ2) is 8.86. The van der Waals surface area contributed by atoms with Crippen molar-refractivity contribution in [3.8, 4) is 16.9 Å². The molecule has 4 rings (SSSR count). The van der Waals surface area contributed by atoms with Crippen molar-refractivity contribution >= 4 is 17.5 Å². The second-order valence-corrected chi connectivity index (χ2v) is 7.45. The Morgan fingerprint density at radius 1 is 1.10 bits per heavy atom. The van der Waals surface area contributed by atoms with Crippen LogP contribution in [0.25, 0.3) is 11.1 Å². The van der Waals surface area contributed by atoms with Gasteiger partial charge in [0, 0.05) is 36.7 Å². The highest BCUT2D eigenvalue weighted by atomic mass is 16.5. The molecule has 1 aliphatic heterocycles. The minimum Gasteiger partial charge on any atom is -0.497 e. The fraction of sp³-hybridized carbons (Fsp3) is 0.250. The van der Waals surface area contributed by atoms with Crippen LogP contribution in [0.15, 0.2) is 67.0 Å². The molecule has 30 heavy (non-hydrogen) atoms. The van der Waals surface area contributed by atoms with Crippen molar-refractivity contribution in [3.63, 3.8) is 0 Å². The van der Waals surface area contributed by atoms with Gasteiger partial charge in [0.2, 0.25) is 5.91 Å². The molecule has 2 N–H and O–H groups in total. The number of benzene rings is 2. The van der Waals surface area contributed by atoms with Crippen LogP contribution >= 0.6 is 0 Å². The molecule has 154 valence electrons. The summed E-state index contributed by atoms with van der Waals surface area (Å²) < 4.78 is 5.23. The van der Waals surface area contributed by atoms with Crippen molar-refractivity contribution in [1.82, 2.24) is 9.88 Å². The van der Waals surface area contributed by atoms with E-state index in [1.54, 1.807) is 30.5 Å². The summed E-state index contributed by atoms with van der Waals surface area (Å²) in [4.78, 5) is 30.4. The summed E-state index contributed by atoms with van der Waals surface area (Å²) >= 11 is 0. The van der Waals surface area contributed by atoms with E-state index in [0.29, 0.717) is 18.7 Å². The van der Waals surface area contributed by atoms with E-state index in [9.17, 15) is 9.59 Å². The van der Waals surface area contributed by atoms with Crippen LogP contribution in [0.1, 0.15) is 23.2 Å². The zero-order chi connectivity index (χ0) is 20.9. The predicted molar refractivity (Wildman–Crippen MR) is 116 cm³/mol. The van der Waals surface area contributed by atoms with Crippen LogP contribution in [0.2, 0.25) is 0 Å². The largest absolute Gasteiger partial charge is 0.497 e. The van der Waals surface area contributed by atoms with Crippen molar-refractivity contribution in [1.29, 1.82) is 0 Å². The number of aromatic amines is 1. The first-order valence-electron chi connectivity index (χ1n) is 10.1. The number of amides is 2. The third-order valence-electron chi connectivity index (χ3n) is 5.51. The molecule has 0 saturated carbocycles. The number of hydrogen-bond donors (Lipinski definition) is 2. The number of nitrogens with one attached hydrogen (secondary N) is 2. The highest BCUT2D eigenvalue weighted by molar-refractivity contribution is 5.98. The van der Waals surface area contributed by atoms with Crippen LogP contribution in [-0.2, 0) is 4.79 Å². The van der Waals surface area contributed by atoms with Crippen LogP contribution in [0.5, 0.6) is 5.75 Å². The quantitative estimate of drug-likeness (QED) is 0.671. The number of ether oxygens (including phenoxy) is 1. The van der Waals surface area contributed by atoms with Crippen molar-refractivity contribution in [2.75, 3.05) is 25.5 Å². The number of aromatic nitrogens is 1. The van der Waals surface area contributed by atoms with Crippen molar-refractivity contribution in [3.05, 3.63) is 72.6 Å². The number of para-hydroxylation sites is 1. The van der Waals surface area contributed by atoms with E-state index >= 15 is 0 Å². The van der Waals surface area contributed by atoms with E-state index in [4.69, 9.17) is 4.74 Å². The van der Waals surface area contributed by atoms with Gasteiger partial charge in [0.15, 0.2) is 0 Å². The Morgan fingerprint density at radius 2 is 1.90 bits per heavy atom. The fourth-order valence-electron chi connectivity index (χ4n) is 3.86. The summed E-state index contributed by atoms with van der Waals surface area (Å²) in [5.41, 5.74) is 3.34. The average Bonchev–Trinajstić information content (AvgIpc) is 3.34. The van der Waals surface area contributed by atoms with Gasteiger partial charge in [-0.3, -0.25) is 9.59 Å². The molecule has 2 heterocycles. The van der Waals surface area contributed by atoms with Crippen LogP contribution in [0, 0.1) is 5.92 Å². The molecule has 2 amide bonds. The van der Waals surface area contributed by atoms with Crippen LogP contribution < -0.4 is 10.1 Å². The number of hydrogen-bond acceptors (Lipinski definition) is 3. The van der Waals surface area contributed by atoms with Gasteiger partial charge in [0.25, 0.3) is 5.91 Å². The minimum atomic E-state index is -0.231. The summed E-state index contributed by atoms with van der Waals surface area (Å²) in [5.74, 6) is 0.468. The van der Waals surface area contributed by atoms with Gasteiger partial charge in [-0.25, -0.2) is 0 Å². The van der Waals surface area contributed by atoms with E-state index in [1.165, 1.54) is 0 Å². The Balaban J connectivity index is 1.48. The molecule has 0 radical (unpaired) electrons. The van der Waals surface area contributed by atoms with E-state index in [0.717, 1.165) is 35.4 Å². The highest BCUT2D eigenvalue weighted by Gasteiger charge is 2.29. The monoisotopic (exact) mass is 403 g/mol. The molecule has 1 aliphatic rings. The lowest BCUT2D eigenvalue weighted by Crippen LogP contribution is -2.43. The number of H-pyrrole nitrogens is 1. The van der Waals surface area contributed by atoms with Crippen molar-refractivity contribution in [2.45, 2.75) is 12.8 Å². The predicted octanol–water partition coefficient (Wildman–Crippen LogP) is 4.18. The molecular weight excluding hydrogens is 378 g/mol. The number of likely N-dealkylation sites (tertiary alicyclic amines) is 1. The maximum absolute atomic E-state index is 13.0. The first-order chi connectivity index (χ1) is 14.7. The minimum absolute atomic E-state index is 0.0348. The van der Waals surface area contributed by atoms with E-state index in [2.05, 4.69) is 10.3 Å². The number of carbonyl (C=O) groups is 2. The molecule has 1 fully saturated rings. The molecule has 2 aromatic carbocycles. The van der Waals surface area contributed by atoms with Crippen LogP contribution in [0.3, 0.4) is 0 Å². The Bertz CT molecular complexity index is 1010. The van der Waals surface area contributed by atoms with Gasteiger partial charge in [-0.15, -0.1) is 0 Å².